The zero-order chi connectivity index (χ0) is 54.0. The molecule has 5 aliphatic heterocycles. The van der Waals surface area contributed by atoms with Crippen molar-refractivity contribution in [2.24, 2.45) is 5.92 Å². The fraction of sp³-hybridized carbons (Fsp3) is 0.475. The Morgan fingerprint density at radius 1 is 1.00 bits per heavy atom. The van der Waals surface area contributed by atoms with Crippen LogP contribution < -0.4 is 25.0 Å². The zero-order valence-electron chi connectivity index (χ0n) is 44.7. The second-order valence-corrected chi connectivity index (χ2v) is 23.4. The Labute approximate surface area is 456 Å². The molecule has 0 saturated carbocycles. The third kappa shape index (κ3) is 9.70. The number of hydrogen-bond acceptors (Lipinski definition) is 16. The number of thiazole rings is 1. The average molecular weight is 1080 g/mol. The van der Waals surface area contributed by atoms with Crippen LogP contribution in [-0.4, -0.2) is 132 Å². The molecule has 17 nitrogen and oxygen atoms in total. The molecule has 2 bridgehead atoms. The van der Waals surface area contributed by atoms with Crippen LogP contribution in [0.15, 0.2) is 76.9 Å². The minimum atomic E-state index is -0.865. The largest absolute Gasteiger partial charge is 0.508 e. The first-order valence-electron chi connectivity index (χ1n) is 27.6. The lowest BCUT2D eigenvalue weighted by Gasteiger charge is -2.35. The SMILES string of the molecule is CCc1cccc2cc(O)cc(-c3ncc4c(N5CC6CCC(C5)N6)nc(OC[C@@]56CCCN5[C@@H](COc5cc(C(C(=O)N7C[C@H](O)C[C@H]7C(=O)N[C@@H](C)c7ccc(-c8scnc8C)cc7)C(C)C)on5)CC6)nc4c3F)c12. The van der Waals surface area contributed by atoms with Crippen molar-refractivity contribution >= 4 is 50.6 Å². The number of carbonyl (C=O) groups is 2. The predicted octanol–water partition coefficient (Wildman–Crippen LogP) is 8.65. The van der Waals surface area contributed by atoms with E-state index in [0.717, 1.165) is 103 Å². The number of piperazine rings is 1. The standard InChI is InChI=1S/C59H67FN10O7S/c1-6-35-9-7-10-38-21-42(71)22-44(50(35)38)52-51(60)53-45(25-61-52)55(68-26-39-15-16-40(27-68)64-39)66-58(65-53)76-30-59-18-8-20-70(59)41(17-19-59)29-75-48-24-47(77-67-48)49(32(2)3)57(74)69-28-43(72)23-46(69)56(73)63-33(4)36-11-13-37(14-12-36)54-34(5)62-31-78-54/h7,9-14,21-22,24-25,31-33,39-41,43,46,49,64,71-72H,6,8,15-20,23,26-30H2,1-5H3,(H,63,73)/t33-,39?,40?,41+,43+,46-,49?,59-/m0/s1. The molecule has 9 heterocycles. The summed E-state index contributed by atoms with van der Waals surface area (Å²) in [7, 11) is 0. The average Bonchev–Trinajstić information content (AvgIpc) is 4.42. The van der Waals surface area contributed by atoms with Crippen LogP contribution in [0.3, 0.4) is 0 Å². The highest BCUT2D eigenvalue weighted by atomic mass is 32.1. The molecule has 7 aromatic rings. The summed E-state index contributed by atoms with van der Waals surface area (Å²) < 4.78 is 36.2. The monoisotopic (exact) mass is 1080 g/mol. The smallest absolute Gasteiger partial charge is 0.319 e. The summed E-state index contributed by atoms with van der Waals surface area (Å²) >= 11 is 1.58. The molecular weight excluding hydrogens is 1010 g/mol. The van der Waals surface area contributed by atoms with Crippen molar-refractivity contribution in [1.82, 2.24) is 45.5 Å². The van der Waals surface area contributed by atoms with Gasteiger partial charge in [0.25, 0.3) is 5.88 Å². The van der Waals surface area contributed by atoms with Gasteiger partial charge < -0.3 is 44.6 Å². The van der Waals surface area contributed by atoms with Gasteiger partial charge in [0.05, 0.1) is 39.2 Å². The molecule has 19 heteroatoms. The second kappa shape index (κ2) is 21.1. The van der Waals surface area contributed by atoms with Crippen LogP contribution in [0.2, 0.25) is 0 Å². The molecule has 5 saturated heterocycles. The minimum Gasteiger partial charge on any atom is -0.508 e. The summed E-state index contributed by atoms with van der Waals surface area (Å²) in [5.41, 5.74) is 6.21. The van der Waals surface area contributed by atoms with Crippen LogP contribution in [0, 0.1) is 18.7 Å². The van der Waals surface area contributed by atoms with E-state index in [1.165, 1.54) is 4.90 Å². The van der Waals surface area contributed by atoms with Crippen molar-refractivity contribution in [3.8, 4) is 39.3 Å². The van der Waals surface area contributed by atoms with Crippen LogP contribution in [0.25, 0.3) is 43.4 Å². The van der Waals surface area contributed by atoms with Gasteiger partial charge in [0.15, 0.2) is 11.6 Å². The van der Waals surface area contributed by atoms with Gasteiger partial charge >= 0.3 is 6.01 Å². The van der Waals surface area contributed by atoms with E-state index in [4.69, 9.17) is 28.9 Å². The normalized spacial score (nSPS) is 23.9. The zero-order valence-corrected chi connectivity index (χ0v) is 45.6. The number of pyridine rings is 1. The molecule has 4 N–H and O–H groups in total. The first kappa shape index (κ1) is 51.9. The lowest BCUT2D eigenvalue weighted by Crippen LogP contribution is -2.51. The molecular formula is C59H67FN10O7S. The van der Waals surface area contributed by atoms with Gasteiger partial charge in [0.2, 0.25) is 11.8 Å². The number of aryl methyl sites for hydroxylation is 2. The molecule has 3 aromatic carbocycles. The molecule has 5 fully saturated rings. The van der Waals surface area contributed by atoms with Gasteiger partial charge in [0.1, 0.15) is 48.0 Å². The number of carbonyl (C=O) groups excluding carboxylic acids is 2. The van der Waals surface area contributed by atoms with Crippen molar-refractivity contribution in [1.29, 1.82) is 0 Å². The number of aromatic nitrogens is 5. The third-order valence-electron chi connectivity index (χ3n) is 17.2. The van der Waals surface area contributed by atoms with Crippen LogP contribution in [0.4, 0.5) is 10.2 Å². The van der Waals surface area contributed by atoms with E-state index < -0.39 is 23.9 Å². The van der Waals surface area contributed by atoms with Gasteiger partial charge in [-0.1, -0.05) is 63.2 Å². The topological polar surface area (TPSA) is 204 Å². The van der Waals surface area contributed by atoms with E-state index >= 15 is 4.39 Å². The van der Waals surface area contributed by atoms with E-state index in [2.05, 4.69) is 37.5 Å². The number of phenols is 1. The van der Waals surface area contributed by atoms with Gasteiger partial charge in [-0.05, 0) is 116 Å². The number of likely N-dealkylation sites (tertiary alicyclic amines) is 1. The number of rotatable bonds is 16. The lowest BCUT2D eigenvalue weighted by atomic mass is 9.91. The van der Waals surface area contributed by atoms with E-state index in [0.29, 0.717) is 47.8 Å². The number of aliphatic hydroxyl groups is 1. The first-order valence-corrected chi connectivity index (χ1v) is 28.5. The molecule has 8 atom stereocenters. The third-order valence-corrected chi connectivity index (χ3v) is 18.1. The Bertz CT molecular complexity index is 3380. The highest BCUT2D eigenvalue weighted by Crippen LogP contribution is 2.44. The summed E-state index contributed by atoms with van der Waals surface area (Å²) in [6.45, 7) is 12.7. The van der Waals surface area contributed by atoms with Crippen molar-refractivity contribution in [2.75, 3.05) is 44.3 Å². The summed E-state index contributed by atoms with van der Waals surface area (Å²) in [4.78, 5) is 54.6. The number of nitrogens with zero attached hydrogens (tertiary/aromatic N) is 8. The molecule has 78 heavy (non-hydrogen) atoms. The lowest BCUT2D eigenvalue weighted by molar-refractivity contribution is -0.141. The van der Waals surface area contributed by atoms with Crippen LogP contribution in [0.1, 0.15) is 107 Å². The molecule has 4 aromatic heterocycles. The highest BCUT2D eigenvalue weighted by Gasteiger charge is 2.50. The molecule has 0 radical (unpaired) electrons. The first-order chi connectivity index (χ1) is 37.7. The molecule has 2 amide bonds. The molecule has 0 aliphatic carbocycles. The maximum atomic E-state index is 17.4. The van der Waals surface area contributed by atoms with Gasteiger partial charge in [0, 0.05) is 62.0 Å². The van der Waals surface area contributed by atoms with Crippen molar-refractivity contribution in [3.63, 3.8) is 0 Å². The summed E-state index contributed by atoms with van der Waals surface area (Å²) in [6.07, 6.45) is 7.32. The molecule has 3 unspecified atom stereocenters. The van der Waals surface area contributed by atoms with Crippen LogP contribution >= 0.6 is 11.3 Å². The van der Waals surface area contributed by atoms with E-state index in [9.17, 15) is 19.8 Å². The summed E-state index contributed by atoms with van der Waals surface area (Å²) in [5, 5.41) is 34.9. The van der Waals surface area contributed by atoms with Gasteiger partial charge in [-0.15, -0.1) is 11.3 Å². The number of hydrogen-bond donors (Lipinski definition) is 4. The van der Waals surface area contributed by atoms with Crippen LogP contribution in [0.5, 0.6) is 17.6 Å². The van der Waals surface area contributed by atoms with E-state index in [1.807, 2.05) is 75.7 Å². The Morgan fingerprint density at radius 2 is 1.81 bits per heavy atom. The number of benzene rings is 3. The Morgan fingerprint density at radius 3 is 2.56 bits per heavy atom. The maximum Gasteiger partial charge on any atom is 0.319 e. The number of phenolic OH excluding ortho intramolecular Hbond substituents is 1. The van der Waals surface area contributed by atoms with Gasteiger partial charge in [-0.3, -0.25) is 19.5 Å². The minimum absolute atomic E-state index is 0.0240. The number of nitrogens with one attached hydrogen (secondary N) is 2. The Kier molecular flexibility index (Phi) is 14.1. The number of fused-ring (bicyclic) bond motifs is 5. The second-order valence-electron chi connectivity index (χ2n) is 22.5. The van der Waals surface area contributed by atoms with Gasteiger partial charge in [-0.25, -0.2) is 9.37 Å². The number of aliphatic hydroxyl groups excluding tert-OH is 1. The molecule has 408 valence electrons. The molecule has 12 rings (SSSR count). The fourth-order valence-electron chi connectivity index (χ4n) is 13.2. The number of anilines is 1. The number of ether oxygens (including phenoxy) is 2. The van der Waals surface area contributed by atoms with Crippen molar-refractivity contribution < 1.29 is 38.2 Å². The number of aromatic hydroxyl groups is 1. The van der Waals surface area contributed by atoms with E-state index in [-0.39, 0.29) is 77.2 Å². The maximum absolute atomic E-state index is 17.4. The quantitative estimate of drug-likeness (QED) is 0.0715. The van der Waals surface area contributed by atoms with Crippen molar-refractivity contribution in [3.05, 3.63) is 101 Å². The summed E-state index contributed by atoms with van der Waals surface area (Å²) in [6, 6.07) is 18.4. The number of halogens is 1. The Hall–Kier alpha value is -6.80. The van der Waals surface area contributed by atoms with Gasteiger partial charge in [-0.2, -0.15) is 9.97 Å². The van der Waals surface area contributed by atoms with Crippen molar-refractivity contribution in [2.45, 2.75) is 134 Å². The highest BCUT2D eigenvalue weighted by molar-refractivity contribution is 7.13. The van der Waals surface area contributed by atoms with E-state index in [1.54, 1.807) is 35.7 Å². The predicted molar refractivity (Wildman–Crippen MR) is 295 cm³/mol. The molecule has 5 aliphatic rings. The number of amides is 2. The Balaban J connectivity index is 0.731. The fourth-order valence-corrected chi connectivity index (χ4v) is 14.0. The number of β-amino-alcohol motifs (C(OH)–C–C–N with tert-alkyl or cyclic N) is 1. The summed E-state index contributed by atoms with van der Waals surface area (Å²) in [5.74, 6) is -1.04. The molecule has 0 spiro atoms. The van der Waals surface area contributed by atoms with Crippen LogP contribution in [-0.2, 0) is 16.0 Å².